The van der Waals surface area contributed by atoms with E-state index in [9.17, 15) is 0 Å². The van der Waals surface area contributed by atoms with E-state index in [0.717, 1.165) is 42.2 Å². The molecule has 0 unspecified atom stereocenters. The SMILES string of the molecule is CCNc1ncnc(Cc2ccc(CC)cn2)c1C. The number of nitrogens with one attached hydrogen (secondary N) is 1. The van der Waals surface area contributed by atoms with Crippen molar-refractivity contribution in [2.45, 2.75) is 33.6 Å². The number of aromatic nitrogens is 3. The fourth-order valence-electron chi connectivity index (χ4n) is 1.95. The van der Waals surface area contributed by atoms with Gasteiger partial charge in [0.15, 0.2) is 0 Å². The van der Waals surface area contributed by atoms with Gasteiger partial charge < -0.3 is 5.32 Å². The van der Waals surface area contributed by atoms with Gasteiger partial charge in [-0.2, -0.15) is 0 Å². The minimum absolute atomic E-state index is 0.747. The van der Waals surface area contributed by atoms with E-state index in [2.05, 4.69) is 46.2 Å². The van der Waals surface area contributed by atoms with Gasteiger partial charge in [0.25, 0.3) is 0 Å². The van der Waals surface area contributed by atoms with Crippen molar-refractivity contribution in [2.24, 2.45) is 0 Å². The van der Waals surface area contributed by atoms with Crippen molar-refractivity contribution in [3.05, 3.63) is 47.2 Å². The summed E-state index contributed by atoms with van der Waals surface area (Å²) in [7, 11) is 0. The van der Waals surface area contributed by atoms with Gasteiger partial charge in [-0.1, -0.05) is 13.0 Å². The van der Waals surface area contributed by atoms with Gasteiger partial charge in [0.05, 0.1) is 5.69 Å². The standard InChI is InChI=1S/C15H20N4/c1-4-12-6-7-13(17-9-12)8-14-11(3)15(16-5-2)19-10-18-14/h6-7,9-10H,4-5,8H2,1-3H3,(H,16,18,19). The maximum absolute atomic E-state index is 4.48. The van der Waals surface area contributed by atoms with Gasteiger partial charge in [0.2, 0.25) is 0 Å². The number of hydrogen-bond donors (Lipinski definition) is 1. The van der Waals surface area contributed by atoms with Gasteiger partial charge in [-0.25, -0.2) is 9.97 Å². The second-order valence-corrected chi connectivity index (χ2v) is 4.51. The van der Waals surface area contributed by atoms with Crippen molar-refractivity contribution in [2.75, 3.05) is 11.9 Å². The molecule has 0 saturated carbocycles. The summed E-state index contributed by atoms with van der Waals surface area (Å²) in [4.78, 5) is 13.1. The Hall–Kier alpha value is -1.97. The molecular formula is C15H20N4. The van der Waals surface area contributed by atoms with Crippen LogP contribution in [0.5, 0.6) is 0 Å². The minimum Gasteiger partial charge on any atom is -0.370 e. The summed E-state index contributed by atoms with van der Waals surface area (Å²) in [6.45, 7) is 7.11. The van der Waals surface area contributed by atoms with E-state index < -0.39 is 0 Å². The minimum atomic E-state index is 0.747. The highest BCUT2D eigenvalue weighted by Crippen LogP contribution is 2.16. The molecule has 19 heavy (non-hydrogen) atoms. The molecule has 0 aliphatic carbocycles. The second-order valence-electron chi connectivity index (χ2n) is 4.51. The van der Waals surface area contributed by atoms with Crippen LogP contribution in [0, 0.1) is 6.92 Å². The van der Waals surface area contributed by atoms with Crippen LogP contribution in [-0.4, -0.2) is 21.5 Å². The van der Waals surface area contributed by atoms with E-state index in [4.69, 9.17) is 0 Å². The number of aryl methyl sites for hydroxylation is 1. The van der Waals surface area contributed by atoms with Crippen LogP contribution in [0.4, 0.5) is 5.82 Å². The molecule has 4 nitrogen and oxygen atoms in total. The number of rotatable bonds is 5. The molecule has 0 amide bonds. The summed E-state index contributed by atoms with van der Waals surface area (Å²) < 4.78 is 0. The Balaban J connectivity index is 2.20. The molecule has 0 aliphatic heterocycles. The first-order chi connectivity index (χ1) is 9.24. The van der Waals surface area contributed by atoms with E-state index >= 15 is 0 Å². The zero-order valence-electron chi connectivity index (χ0n) is 11.8. The first kappa shape index (κ1) is 13.5. The highest BCUT2D eigenvalue weighted by molar-refractivity contribution is 5.45. The van der Waals surface area contributed by atoms with E-state index in [0.29, 0.717) is 0 Å². The third-order valence-electron chi connectivity index (χ3n) is 3.18. The van der Waals surface area contributed by atoms with Crippen molar-refractivity contribution in [3.63, 3.8) is 0 Å². The quantitative estimate of drug-likeness (QED) is 0.893. The Morgan fingerprint density at radius 3 is 2.58 bits per heavy atom. The fourth-order valence-corrected chi connectivity index (χ4v) is 1.95. The van der Waals surface area contributed by atoms with Gasteiger partial charge in [-0.15, -0.1) is 0 Å². The van der Waals surface area contributed by atoms with Crippen LogP contribution >= 0.6 is 0 Å². The lowest BCUT2D eigenvalue weighted by atomic mass is 10.1. The Labute approximate surface area is 114 Å². The summed E-state index contributed by atoms with van der Waals surface area (Å²) in [5.74, 6) is 0.915. The van der Waals surface area contributed by atoms with Crippen molar-refractivity contribution in [1.29, 1.82) is 0 Å². The Kier molecular flexibility index (Phi) is 4.44. The highest BCUT2D eigenvalue weighted by Gasteiger charge is 2.07. The van der Waals surface area contributed by atoms with Crippen LogP contribution in [0.15, 0.2) is 24.7 Å². The van der Waals surface area contributed by atoms with Crippen LogP contribution in [-0.2, 0) is 12.8 Å². The lowest BCUT2D eigenvalue weighted by molar-refractivity contribution is 0.950. The third-order valence-corrected chi connectivity index (χ3v) is 3.18. The van der Waals surface area contributed by atoms with E-state index in [1.165, 1.54) is 5.56 Å². The molecule has 0 saturated heterocycles. The van der Waals surface area contributed by atoms with Crippen LogP contribution in [0.1, 0.15) is 36.4 Å². The predicted octanol–water partition coefficient (Wildman–Crippen LogP) is 2.77. The summed E-state index contributed by atoms with van der Waals surface area (Å²) in [5.41, 5.74) is 4.44. The summed E-state index contributed by atoms with van der Waals surface area (Å²) >= 11 is 0. The fraction of sp³-hybridized carbons (Fsp3) is 0.400. The Morgan fingerprint density at radius 1 is 1.11 bits per heavy atom. The molecule has 0 aliphatic rings. The van der Waals surface area contributed by atoms with Gasteiger partial charge >= 0.3 is 0 Å². The van der Waals surface area contributed by atoms with E-state index in [-0.39, 0.29) is 0 Å². The van der Waals surface area contributed by atoms with Gasteiger partial charge in [0, 0.05) is 30.4 Å². The van der Waals surface area contributed by atoms with Crippen molar-refractivity contribution < 1.29 is 0 Å². The van der Waals surface area contributed by atoms with Crippen molar-refractivity contribution in [1.82, 2.24) is 15.0 Å². The molecule has 0 atom stereocenters. The topological polar surface area (TPSA) is 50.7 Å². The van der Waals surface area contributed by atoms with E-state index in [1.54, 1.807) is 6.33 Å². The third kappa shape index (κ3) is 3.28. The number of hydrogen-bond acceptors (Lipinski definition) is 4. The molecule has 2 aromatic rings. The second kappa shape index (κ2) is 6.27. The molecule has 4 heteroatoms. The van der Waals surface area contributed by atoms with Crippen molar-refractivity contribution >= 4 is 5.82 Å². The molecule has 0 aromatic carbocycles. The highest BCUT2D eigenvalue weighted by atomic mass is 15.0. The molecule has 0 radical (unpaired) electrons. The van der Waals surface area contributed by atoms with Crippen LogP contribution in [0.3, 0.4) is 0 Å². The van der Waals surface area contributed by atoms with Gasteiger partial charge in [0.1, 0.15) is 12.1 Å². The van der Waals surface area contributed by atoms with Gasteiger partial charge in [-0.05, 0) is 31.9 Å². The average molecular weight is 256 g/mol. The van der Waals surface area contributed by atoms with Gasteiger partial charge in [-0.3, -0.25) is 4.98 Å². The first-order valence-electron chi connectivity index (χ1n) is 6.72. The van der Waals surface area contributed by atoms with Crippen LogP contribution in [0.25, 0.3) is 0 Å². The molecule has 2 heterocycles. The molecule has 1 N–H and O–H groups in total. The van der Waals surface area contributed by atoms with Crippen molar-refractivity contribution in [3.8, 4) is 0 Å². The summed E-state index contributed by atoms with van der Waals surface area (Å²) in [6, 6.07) is 4.21. The van der Waals surface area contributed by atoms with Crippen LogP contribution in [0.2, 0.25) is 0 Å². The Bertz CT molecular complexity index is 534. The summed E-state index contributed by atoms with van der Waals surface area (Å²) in [5, 5.41) is 3.25. The molecule has 0 fully saturated rings. The smallest absolute Gasteiger partial charge is 0.132 e. The molecule has 100 valence electrons. The maximum Gasteiger partial charge on any atom is 0.132 e. The average Bonchev–Trinajstić information content (AvgIpc) is 2.44. The molecule has 2 aromatic heterocycles. The molecular weight excluding hydrogens is 236 g/mol. The zero-order valence-corrected chi connectivity index (χ0v) is 11.8. The number of nitrogens with zero attached hydrogens (tertiary/aromatic N) is 3. The zero-order chi connectivity index (χ0) is 13.7. The maximum atomic E-state index is 4.48. The lowest BCUT2D eigenvalue weighted by Crippen LogP contribution is -2.06. The molecule has 0 bridgehead atoms. The molecule has 2 rings (SSSR count). The predicted molar refractivity (Wildman–Crippen MR) is 77.4 cm³/mol. The number of pyridine rings is 1. The molecule has 0 spiro atoms. The largest absolute Gasteiger partial charge is 0.370 e. The normalized spacial score (nSPS) is 10.5. The Morgan fingerprint density at radius 2 is 1.95 bits per heavy atom. The summed E-state index contributed by atoms with van der Waals surface area (Å²) in [6.07, 6.45) is 5.32. The monoisotopic (exact) mass is 256 g/mol. The van der Waals surface area contributed by atoms with E-state index in [1.807, 2.05) is 13.1 Å². The number of anilines is 1. The van der Waals surface area contributed by atoms with Crippen LogP contribution < -0.4 is 5.32 Å². The first-order valence-corrected chi connectivity index (χ1v) is 6.72. The lowest BCUT2D eigenvalue weighted by Gasteiger charge is -2.10.